The molecule has 8 heteroatoms. The Morgan fingerprint density at radius 3 is 2.37 bits per heavy atom. The molecule has 1 amide bonds. The lowest BCUT2D eigenvalue weighted by molar-refractivity contribution is 0.102. The first-order chi connectivity index (χ1) is 8.88. The van der Waals surface area contributed by atoms with Crippen LogP contribution in [0.15, 0.2) is 25.6 Å². The molecule has 3 N–H and O–H groups in total. The first-order valence-electron chi connectivity index (χ1n) is 5.07. The van der Waals surface area contributed by atoms with Crippen molar-refractivity contribution in [2.45, 2.75) is 6.92 Å². The van der Waals surface area contributed by atoms with E-state index in [0.717, 1.165) is 13.4 Å². The minimum absolute atomic E-state index is 0.226. The fourth-order valence-corrected chi connectivity index (χ4v) is 4.65. The van der Waals surface area contributed by atoms with E-state index >= 15 is 0 Å². The van der Waals surface area contributed by atoms with Gasteiger partial charge in [-0.2, -0.15) is 0 Å². The van der Waals surface area contributed by atoms with Gasteiger partial charge in [-0.3, -0.25) is 4.79 Å². The highest BCUT2D eigenvalue weighted by atomic mass is 79.9. The van der Waals surface area contributed by atoms with Gasteiger partial charge in [0.05, 0.1) is 11.4 Å². The van der Waals surface area contributed by atoms with Crippen molar-refractivity contribution < 1.29 is 4.79 Å². The molecule has 4 nitrogen and oxygen atoms in total. The third-order valence-corrected chi connectivity index (χ3v) is 4.96. The molecule has 0 saturated heterocycles. The Morgan fingerprint density at radius 1 is 1.32 bits per heavy atom. The molecule has 0 aliphatic carbocycles. The van der Waals surface area contributed by atoms with Crippen LogP contribution < -0.4 is 11.1 Å². The molecule has 0 aliphatic rings. The summed E-state index contributed by atoms with van der Waals surface area (Å²) >= 11 is 11.4. The number of benzene rings is 1. The fraction of sp³-hybridized carbons (Fsp3) is 0.0909. The quantitative estimate of drug-likeness (QED) is 0.676. The van der Waals surface area contributed by atoms with Gasteiger partial charge in [0.2, 0.25) is 0 Å². The van der Waals surface area contributed by atoms with Gasteiger partial charge in [-0.25, -0.2) is 4.98 Å². The van der Waals surface area contributed by atoms with E-state index in [9.17, 15) is 4.79 Å². The highest BCUT2D eigenvalue weighted by Gasteiger charge is 2.17. The van der Waals surface area contributed by atoms with Gasteiger partial charge in [-0.1, -0.05) is 27.3 Å². The molecule has 19 heavy (non-hydrogen) atoms. The van der Waals surface area contributed by atoms with E-state index in [1.54, 1.807) is 6.92 Å². The van der Waals surface area contributed by atoms with Gasteiger partial charge in [0.15, 0.2) is 5.13 Å². The van der Waals surface area contributed by atoms with Crippen LogP contribution in [0, 0.1) is 6.92 Å². The topological polar surface area (TPSA) is 68.0 Å². The molecule has 0 aliphatic heterocycles. The van der Waals surface area contributed by atoms with Crippen molar-refractivity contribution in [1.82, 2.24) is 4.98 Å². The van der Waals surface area contributed by atoms with E-state index in [1.807, 2.05) is 12.1 Å². The number of aromatic nitrogens is 1. The van der Waals surface area contributed by atoms with E-state index < -0.39 is 0 Å². The lowest BCUT2D eigenvalue weighted by Crippen LogP contribution is -2.12. The molecule has 0 bridgehead atoms. The summed E-state index contributed by atoms with van der Waals surface area (Å²) < 4.78 is 2.46. The molecule has 100 valence electrons. The smallest absolute Gasteiger partial charge is 0.267 e. The monoisotopic (exact) mass is 467 g/mol. The van der Waals surface area contributed by atoms with Crippen LogP contribution in [-0.2, 0) is 0 Å². The number of carbonyl (C=O) groups is 1. The predicted octanol–water partition coefficient (Wildman–Crippen LogP) is 4.57. The Balaban J connectivity index is 2.32. The summed E-state index contributed by atoms with van der Waals surface area (Å²) in [5.74, 6) is -0.226. The summed E-state index contributed by atoms with van der Waals surface area (Å²) in [6.07, 6.45) is 0. The number of halogens is 3. The number of hydrogen-bond acceptors (Lipinski definition) is 4. The van der Waals surface area contributed by atoms with Crippen molar-refractivity contribution in [3.8, 4) is 0 Å². The number of thiazole rings is 1. The highest BCUT2D eigenvalue weighted by molar-refractivity contribution is 9.11. The van der Waals surface area contributed by atoms with Gasteiger partial charge in [0.1, 0.15) is 4.88 Å². The predicted molar refractivity (Wildman–Crippen MR) is 88.8 cm³/mol. The van der Waals surface area contributed by atoms with Crippen LogP contribution in [0.25, 0.3) is 0 Å². The Hall–Kier alpha value is -0.440. The first-order valence-corrected chi connectivity index (χ1v) is 8.27. The number of aryl methyl sites for hydroxylation is 1. The zero-order valence-electron chi connectivity index (χ0n) is 9.63. The molecule has 0 unspecified atom stereocenters. The Kier molecular flexibility index (Phi) is 4.65. The second kappa shape index (κ2) is 5.90. The summed E-state index contributed by atoms with van der Waals surface area (Å²) in [5.41, 5.74) is 6.89. The number of nitrogens with two attached hydrogens (primary N) is 1. The van der Waals surface area contributed by atoms with Crippen LogP contribution in [0.4, 0.5) is 10.8 Å². The summed E-state index contributed by atoms with van der Waals surface area (Å²) in [5, 5.41) is 3.22. The minimum atomic E-state index is -0.226. The summed E-state index contributed by atoms with van der Waals surface area (Å²) in [6.45, 7) is 1.76. The second-order valence-corrected chi connectivity index (χ2v) is 7.32. The van der Waals surface area contributed by atoms with Crippen molar-refractivity contribution in [1.29, 1.82) is 0 Å². The highest BCUT2D eigenvalue weighted by Crippen LogP contribution is 2.35. The van der Waals surface area contributed by atoms with Crippen LogP contribution in [-0.4, -0.2) is 10.9 Å². The molecule has 0 saturated carbocycles. The zero-order chi connectivity index (χ0) is 14.2. The minimum Gasteiger partial charge on any atom is -0.375 e. The third-order valence-electron chi connectivity index (χ3n) is 2.26. The maximum atomic E-state index is 12.2. The molecule has 0 atom stereocenters. The number of nitrogens with one attached hydrogen (secondary N) is 1. The van der Waals surface area contributed by atoms with Crippen LogP contribution in [0.2, 0.25) is 0 Å². The van der Waals surface area contributed by atoms with Gasteiger partial charge >= 0.3 is 0 Å². The Morgan fingerprint density at radius 2 is 1.89 bits per heavy atom. The van der Waals surface area contributed by atoms with E-state index in [1.165, 1.54) is 11.3 Å². The molecular formula is C11H8Br3N3OS. The summed E-state index contributed by atoms with van der Waals surface area (Å²) in [6, 6.07) is 3.71. The van der Waals surface area contributed by atoms with Crippen molar-refractivity contribution in [3.05, 3.63) is 36.1 Å². The van der Waals surface area contributed by atoms with Gasteiger partial charge in [0.25, 0.3) is 5.91 Å². The molecule has 0 spiro atoms. The number of anilines is 2. The molecule has 1 aromatic heterocycles. The Labute approximate surface area is 139 Å². The molecule has 1 aromatic carbocycles. The maximum absolute atomic E-state index is 12.2. The lowest BCUT2D eigenvalue weighted by atomic mass is 10.3. The molecule has 2 rings (SSSR count). The largest absolute Gasteiger partial charge is 0.375 e. The zero-order valence-corrected chi connectivity index (χ0v) is 15.2. The molecular weight excluding hydrogens is 462 g/mol. The number of hydrogen-bond donors (Lipinski definition) is 2. The second-order valence-electron chi connectivity index (χ2n) is 3.67. The summed E-state index contributed by atoms with van der Waals surface area (Å²) in [7, 11) is 0. The van der Waals surface area contributed by atoms with Crippen molar-refractivity contribution >= 4 is 75.9 Å². The maximum Gasteiger partial charge on any atom is 0.267 e. The number of amides is 1. The average Bonchev–Trinajstić information content (AvgIpc) is 2.62. The van der Waals surface area contributed by atoms with Gasteiger partial charge in [-0.05, 0) is 50.9 Å². The molecule has 0 fully saturated rings. The third kappa shape index (κ3) is 3.36. The Bertz CT molecular complexity index is 634. The van der Waals surface area contributed by atoms with E-state index in [-0.39, 0.29) is 5.91 Å². The standard InChI is InChI=1S/C11H8Br3N3OS/c1-4-9(19-11(15)16-4)10(18)17-8-6(13)2-5(12)3-7(8)14/h2-3H,1H3,(H2,15,16)(H,17,18). The van der Waals surface area contributed by atoms with Crippen LogP contribution >= 0.6 is 59.1 Å². The summed E-state index contributed by atoms with van der Waals surface area (Å²) in [4.78, 5) is 16.7. The molecule has 2 aromatic rings. The van der Waals surface area contributed by atoms with Crippen LogP contribution in [0.3, 0.4) is 0 Å². The van der Waals surface area contributed by atoms with Crippen LogP contribution in [0.1, 0.15) is 15.4 Å². The molecule has 1 heterocycles. The van der Waals surface area contributed by atoms with Crippen LogP contribution in [0.5, 0.6) is 0 Å². The van der Waals surface area contributed by atoms with Gasteiger partial charge < -0.3 is 11.1 Å². The van der Waals surface area contributed by atoms with Gasteiger partial charge in [0, 0.05) is 13.4 Å². The van der Waals surface area contributed by atoms with E-state index in [0.29, 0.717) is 21.4 Å². The number of nitrogens with zero attached hydrogens (tertiary/aromatic N) is 1. The van der Waals surface area contributed by atoms with E-state index in [4.69, 9.17) is 5.73 Å². The first kappa shape index (κ1) is 15.0. The SMILES string of the molecule is Cc1nc(N)sc1C(=O)Nc1c(Br)cc(Br)cc1Br. The number of carbonyl (C=O) groups excluding carboxylic acids is 1. The van der Waals surface area contributed by atoms with Gasteiger partial charge in [-0.15, -0.1) is 0 Å². The van der Waals surface area contributed by atoms with Crippen molar-refractivity contribution in [2.75, 3.05) is 11.1 Å². The van der Waals surface area contributed by atoms with Crippen molar-refractivity contribution in [3.63, 3.8) is 0 Å². The van der Waals surface area contributed by atoms with Crippen molar-refractivity contribution in [2.24, 2.45) is 0 Å². The molecule has 0 radical (unpaired) electrons. The van der Waals surface area contributed by atoms with E-state index in [2.05, 4.69) is 58.1 Å². The number of rotatable bonds is 2. The lowest BCUT2D eigenvalue weighted by Gasteiger charge is -2.09. The number of nitrogen functional groups attached to an aromatic ring is 1. The average molecular weight is 470 g/mol. The normalized spacial score (nSPS) is 10.5. The fourth-order valence-electron chi connectivity index (χ4n) is 1.46.